The van der Waals surface area contributed by atoms with Crippen molar-refractivity contribution < 1.29 is 31.5 Å². The average molecular weight is 574 g/mol. The van der Waals surface area contributed by atoms with Gasteiger partial charge in [0.15, 0.2) is 11.6 Å². The summed E-state index contributed by atoms with van der Waals surface area (Å²) in [6.45, 7) is 3.32. The van der Waals surface area contributed by atoms with Crippen LogP contribution in [-0.4, -0.2) is 65.7 Å². The minimum atomic E-state index is -4.22. The van der Waals surface area contributed by atoms with Crippen LogP contribution in [0.4, 0.5) is 8.78 Å². The number of carbonyl (C=O) groups excluding carboxylic acids is 1. The maximum absolute atomic E-state index is 15.0. The summed E-state index contributed by atoms with van der Waals surface area (Å²) < 4.78 is 69.9. The number of nitrogens with zero attached hydrogens (tertiary/aromatic N) is 4. The molecule has 3 heterocycles. The number of amides is 1. The summed E-state index contributed by atoms with van der Waals surface area (Å²) in [6.07, 6.45) is 4.89. The molecule has 10 nitrogen and oxygen atoms in total. The third-order valence-corrected chi connectivity index (χ3v) is 8.26. The van der Waals surface area contributed by atoms with Crippen LogP contribution in [-0.2, 0) is 10.2 Å². The predicted octanol–water partition coefficient (Wildman–Crippen LogP) is 3.83. The first kappa shape index (κ1) is 27.9. The number of hydrogen-bond donors (Lipinski definition) is 1. The average Bonchev–Trinajstić information content (AvgIpc) is 3.80. The number of benzene rings is 1. The van der Waals surface area contributed by atoms with Gasteiger partial charge in [-0.1, -0.05) is 13.0 Å². The van der Waals surface area contributed by atoms with Crippen LogP contribution in [0.3, 0.4) is 0 Å². The van der Waals surface area contributed by atoms with Crippen molar-refractivity contribution >= 4 is 16.1 Å². The Labute approximate surface area is 231 Å². The second kappa shape index (κ2) is 11.8. The normalized spacial score (nSPS) is 17.3. The Balaban J connectivity index is 1.26. The number of ether oxygens (including phenoxy) is 2. The molecule has 2 aliphatic rings. The Morgan fingerprint density at radius 1 is 1.05 bits per heavy atom. The van der Waals surface area contributed by atoms with Crippen LogP contribution in [0.1, 0.15) is 48.3 Å². The minimum Gasteiger partial charge on any atom is -0.481 e. The number of aromatic nitrogens is 2. The Bertz CT molecular complexity index is 1470. The van der Waals surface area contributed by atoms with Gasteiger partial charge in [0.1, 0.15) is 11.9 Å². The van der Waals surface area contributed by atoms with Gasteiger partial charge in [0.25, 0.3) is 5.91 Å². The van der Waals surface area contributed by atoms with Gasteiger partial charge in [-0.2, -0.15) is 17.1 Å². The molecule has 1 aliphatic carbocycles. The van der Waals surface area contributed by atoms with Crippen molar-refractivity contribution in [2.75, 3.05) is 26.2 Å². The van der Waals surface area contributed by atoms with E-state index >= 15 is 4.39 Å². The van der Waals surface area contributed by atoms with E-state index in [1.807, 2.05) is 4.72 Å². The summed E-state index contributed by atoms with van der Waals surface area (Å²) >= 11 is 0. The zero-order chi connectivity index (χ0) is 28.3. The highest BCUT2D eigenvalue weighted by atomic mass is 32.2. The van der Waals surface area contributed by atoms with Gasteiger partial charge in [-0.15, -0.1) is 0 Å². The summed E-state index contributed by atoms with van der Waals surface area (Å²) in [5, 5.41) is 0. The maximum Gasteiger partial charge on any atom is 0.304 e. The first-order valence-corrected chi connectivity index (χ1v) is 14.4. The fraction of sp³-hybridized carbons (Fsp3) is 0.370. The zero-order valence-electron chi connectivity index (χ0n) is 21.8. The van der Waals surface area contributed by atoms with Crippen molar-refractivity contribution in [2.24, 2.45) is 0 Å². The van der Waals surface area contributed by atoms with E-state index in [1.165, 1.54) is 6.20 Å². The van der Waals surface area contributed by atoms with Crippen molar-refractivity contribution in [3.05, 3.63) is 77.8 Å². The molecule has 2 fully saturated rings. The fourth-order valence-corrected chi connectivity index (χ4v) is 5.60. The molecular formula is C27H29F2N5O5S. The molecule has 1 N–H and O–H groups in total. The first-order valence-electron chi connectivity index (χ1n) is 13.0. The first-order chi connectivity index (χ1) is 19.2. The highest BCUT2D eigenvalue weighted by molar-refractivity contribution is 7.87. The van der Waals surface area contributed by atoms with Gasteiger partial charge in [0.05, 0.1) is 11.3 Å². The van der Waals surface area contributed by atoms with Gasteiger partial charge in [0.2, 0.25) is 11.7 Å². The molecule has 1 aromatic carbocycles. The number of carbonyl (C=O) groups is 1. The topological polar surface area (TPSA) is 114 Å². The number of halogens is 2. The second-order valence-corrected chi connectivity index (χ2v) is 11.2. The minimum absolute atomic E-state index is 0.212. The Hall–Kier alpha value is -3.68. The second-order valence-electron chi connectivity index (χ2n) is 9.54. The molecule has 1 saturated carbocycles. The number of nitrogens with one attached hydrogen (secondary N) is 1. The summed E-state index contributed by atoms with van der Waals surface area (Å²) in [7, 11) is -4.22. The van der Waals surface area contributed by atoms with Crippen molar-refractivity contribution in [1.82, 2.24) is 23.9 Å². The smallest absolute Gasteiger partial charge is 0.304 e. The summed E-state index contributed by atoms with van der Waals surface area (Å²) in [4.78, 5) is 23.2. The largest absolute Gasteiger partial charge is 0.481 e. The third-order valence-electron chi connectivity index (χ3n) is 6.77. The van der Waals surface area contributed by atoms with Crippen LogP contribution in [0.5, 0.6) is 17.4 Å². The van der Waals surface area contributed by atoms with Crippen LogP contribution in [0.15, 0.2) is 54.9 Å². The lowest BCUT2D eigenvalue weighted by Crippen LogP contribution is -2.53. The van der Waals surface area contributed by atoms with E-state index in [0.717, 1.165) is 29.3 Å². The van der Waals surface area contributed by atoms with Crippen molar-refractivity contribution in [1.29, 1.82) is 0 Å². The fourth-order valence-electron chi connectivity index (χ4n) is 4.49. The molecule has 0 bridgehead atoms. The van der Waals surface area contributed by atoms with E-state index in [0.29, 0.717) is 42.9 Å². The predicted molar refractivity (Wildman–Crippen MR) is 141 cm³/mol. The Morgan fingerprint density at radius 3 is 2.50 bits per heavy atom. The van der Waals surface area contributed by atoms with E-state index in [2.05, 4.69) is 14.9 Å². The number of hydrogen-bond acceptors (Lipinski definition) is 8. The molecule has 1 atom stereocenters. The highest BCUT2D eigenvalue weighted by Gasteiger charge is 2.35. The Kier molecular flexibility index (Phi) is 8.24. The molecule has 212 valence electrons. The van der Waals surface area contributed by atoms with E-state index in [9.17, 15) is 17.6 Å². The summed E-state index contributed by atoms with van der Waals surface area (Å²) in [6, 6.07) is 11.0. The van der Waals surface area contributed by atoms with Crippen LogP contribution in [0, 0.1) is 11.6 Å². The lowest BCUT2D eigenvalue weighted by molar-refractivity contribution is 0.0971. The molecule has 1 saturated heterocycles. The molecule has 0 radical (unpaired) electrons. The standard InChI is InChI=1S/C27H29F2N5O5S/c1-2-22(21-17-19(10-12-30-21)38-24-5-3-4-11-31-24)39-23-9-8-20(25(28)26(23)29)27(35)32-40(36,37)34-15-13-33(14-16-34)18-6-7-18/h3-5,8-12,17-18,22H,2,6-7,13-16H2,1H3,(H,32,35)/t22-/m1/s1. The molecular weight excluding hydrogens is 544 g/mol. The number of rotatable bonds is 10. The molecule has 1 amide bonds. The lowest BCUT2D eigenvalue weighted by atomic mass is 10.1. The number of piperazine rings is 1. The van der Waals surface area contributed by atoms with Gasteiger partial charge in [0, 0.05) is 56.7 Å². The van der Waals surface area contributed by atoms with Crippen molar-refractivity contribution in [3.8, 4) is 17.4 Å². The van der Waals surface area contributed by atoms with Crippen LogP contribution in [0.25, 0.3) is 0 Å². The molecule has 0 spiro atoms. The lowest BCUT2D eigenvalue weighted by Gasteiger charge is -2.33. The van der Waals surface area contributed by atoms with Gasteiger partial charge >= 0.3 is 10.2 Å². The molecule has 40 heavy (non-hydrogen) atoms. The number of pyridine rings is 2. The zero-order valence-corrected chi connectivity index (χ0v) is 22.6. The van der Waals surface area contributed by atoms with Gasteiger partial charge in [-0.25, -0.2) is 14.1 Å². The van der Waals surface area contributed by atoms with Gasteiger partial charge in [-0.05, 0) is 43.5 Å². The van der Waals surface area contributed by atoms with Gasteiger partial charge < -0.3 is 9.47 Å². The van der Waals surface area contributed by atoms with E-state index in [-0.39, 0.29) is 13.1 Å². The Morgan fingerprint density at radius 2 is 1.82 bits per heavy atom. The molecule has 1 aliphatic heterocycles. The maximum atomic E-state index is 15.0. The summed E-state index contributed by atoms with van der Waals surface area (Å²) in [5.74, 6) is -3.84. The van der Waals surface area contributed by atoms with Crippen LogP contribution >= 0.6 is 0 Å². The molecule has 2 aromatic heterocycles. The molecule has 13 heteroatoms. The van der Waals surface area contributed by atoms with E-state index < -0.39 is 45.2 Å². The third kappa shape index (κ3) is 6.37. The van der Waals surface area contributed by atoms with E-state index in [1.54, 1.807) is 43.5 Å². The monoisotopic (exact) mass is 573 g/mol. The summed E-state index contributed by atoms with van der Waals surface area (Å²) in [5.41, 5.74) is -0.340. The molecule has 5 rings (SSSR count). The molecule has 3 aromatic rings. The van der Waals surface area contributed by atoms with Gasteiger partial charge in [-0.3, -0.25) is 14.7 Å². The van der Waals surface area contributed by atoms with E-state index in [4.69, 9.17) is 9.47 Å². The highest BCUT2D eigenvalue weighted by Crippen LogP contribution is 2.31. The van der Waals surface area contributed by atoms with Crippen molar-refractivity contribution in [2.45, 2.75) is 38.3 Å². The SMILES string of the molecule is CC[C@@H](Oc1ccc(C(=O)NS(=O)(=O)N2CCN(C3CC3)CC2)c(F)c1F)c1cc(Oc2ccccn2)ccn1. The van der Waals surface area contributed by atoms with Crippen LogP contribution in [0.2, 0.25) is 0 Å². The van der Waals surface area contributed by atoms with Crippen LogP contribution < -0.4 is 14.2 Å². The van der Waals surface area contributed by atoms with Crippen molar-refractivity contribution in [3.63, 3.8) is 0 Å². The molecule has 0 unspecified atom stereocenters. The quantitative estimate of drug-likeness (QED) is 0.389.